The molecule has 1 saturated heterocycles. The molecule has 0 spiro atoms. The van der Waals surface area contributed by atoms with Crippen LogP contribution in [0, 0.1) is 6.92 Å². The molecule has 2 unspecified atom stereocenters. The van der Waals surface area contributed by atoms with Gasteiger partial charge in [-0.05, 0) is 26.8 Å². The van der Waals surface area contributed by atoms with E-state index in [4.69, 9.17) is 9.15 Å². The lowest BCUT2D eigenvalue weighted by atomic mass is 10.1. The molecule has 1 aromatic heterocycles. The number of para-hydroxylation sites is 1. The second-order valence-electron chi connectivity index (χ2n) is 5.50. The van der Waals surface area contributed by atoms with Gasteiger partial charge in [0, 0.05) is 17.5 Å². The lowest BCUT2D eigenvalue weighted by molar-refractivity contribution is -0.0396. The molecule has 0 bridgehead atoms. The number of amides is 1. The number of nitrogens with zero attached hydrogens (tertiary/aromatic N) is 1. The summed E-state index contributed by atoms with van der Waals surface area (Å²) in [5.41, 5.74) is 1.68. The predicted octanol–water partition coefficient (Wildman–Crippen LogP) is 2.99. The summed E-state index contributed by atoms with van der Waals surface area (Å²) in [4.78, 5) is 14.6. The number of carbonyl (C=O) groups excluding carboxylic acids is 1. The molecule has 106 valence electrons. The van der Waals surface area contributed by atoms with E-state index < -0.39 is 0 Å². The molecule has 4 nitrogen and oxygen atoms in total. The van der Waals surface area contributed by atoms with E-state index in [0.717, 1.165) is 16.5 Å². The van der Waals surface area contributed by atoms with Crippen molar-refractivity contribution < 1.29 is 13.9 Å². The maximum atomic E-state index is 12.7. The van der Waals surface area contributed by atoms with Gasteiger partial charge in [0.15, 0.2) is 5.76 Å². The number of morpholine rings is 1. The van der Waals surface area contributed by atoms with Crippen molar-refractivity contribution in [3.05, 3.63) is 35.6 Å². The summed E-state index contributed by atoms with van der Waals surface area (Å²) in [6, 6.07) is 7.82. The van der Waals surface area contributed by atoms with Gasteiger partial charge in [-0.1, -0.05) is 18.2 Å². The zero-order chi connectivity index (χ0) is 14.3. The highest BCUT2D eigenvalue weighted by Gasteiger charge is 2.31. The summed E-state index contributed by atoms with van der Waals surface area (Å²) in [6.07, 6.45) is 0.0693. The molecule has 0 N–H and O–H groups in total. The van der Waals surface area contributed by atoms with Crippen LogP contribution in [-0.4, -0.2) is 36.1 Å². The van der Waals surface area contributed by atoms with Crippen LogP contribution >= 0.6 is 0 Å². The highest BCUT2D eigenvalue weighted by atomic mass is 16.5. The Morgan fingerprint density at radius 1 is 1.30 bits per heavy atom. The van der Waals surface area contributed by atoms with Crippen molar-refractivity contribution in [3.63, 3.8) is 0 Å². The fourth-order valence-electron chi connectivity index (χ4n) is 2.69. The standard InChI is InChI=1S/C16H19NO3/c1-10-9-19-11(2)8-17(10)16(18)15-12(3)13-6-4-5-7-14(13)20-15/h4-7,10-11H,8-9H2,1-3H3. The first-order valence-electron chi connectivity index (χ1n) is 6.98. The Hall–Kier alpha value is -1.81. The van der Waals surface area contributed by atoms with Crippen LogP contribution in [0.1, 0.15) is 30.0 Å². The Bertz CT molecular complexity index is 646. The first kappa shape index (κ1) is 13.2. The van der Waals surface area contributed by atoms with Crippen molar-refractivity contribution in [1.29, 1.82) is 0 Å². The smallest absolute Gasteiger partial charge is 0.290 e. The van der Waals surface area contributed by atoms with E-state index in [1.807, 2.05) is 49.9 Å². The predicted molar refractivity (Wildman–Crippen MR) is 76.9 cm³/mol. The zero-order valence-corrected chi connectivity index (χ0v) is 12.1. The minimum absolute atomic E-state index is 0.0404. The lowest BCUT2D eigenvalue weighted by Crippen LogP contribution is -2.50. The van der Waals surface area contributed by atoms with Crippen LogP contribution in [0.25, 0.3) is 11.0 Å². The molecule has 1 aliphatic heterocycles. The summed E-state index contributed by atoms with van der Waals surface area (Å²) in [7, 11) is 0. The Labute approximate surface area is 118 Å². The molecule has 2 aromatic rings. The van der Waals surface area contributed by atoms with E-state index in [1.54, 1.807) is 0 Å². The van der Waals surface area contributed by atoms with Gasteiger partial charge >= 0.3 is 0 Å². The monoisotopic (exact) mass is 273 g/mol. The molecule has 2 heterocycles. The molecule has 20 heavy (non-hydrogen) atoms. The Morgan fingerprint density at radius 2 is 2.05 bits per heavy atom. The highest BCUT2D eigenvalue weighted by molar-refractivity contribution is 5.99. The van der Waals surface area contributed by atoms with Gasteiger partial charge in [-0.15, -0.1) is 0 Å². The number of hydrogen-bond acceptors (Lipinski definition) is 3. The van der Waals surface area contributed by atoms with E-state index in [-0.39, 0.29) is 18.1 Å². The molecular weight excluding hydrogens is 254 g/mol. The Morgan fingerprint density at radius 3 is 2.80 bits per heavy atom. The van der Waals surface area contributed by atoms with E-state index in [0.29, 0.717) is 18.9 Å². The van der Waals surface area contributed by atoms with Crippen LogP contribution < -0.4 is 0 Å². The number of fused-ring (bicyclic) bond motifs is 1. The molecule has 1 amide bonds. The van der Waals surface area contributed by atoms with E-state index in [9.17, 15) is 4.79 Å². The summed E-state index contributed by atoms with van der Waals surface area (Å²) in [5, 5.41) is 1.00. The number of benzene rings is 1. The molecule has 0 saturated carbocycles. The molecular formula is C16H19NO3. The van der Waals surface area contributed by atoms with E-state index >= 15 is 0 Å². The lowest BCUT2D eigenvalue weighted by Gasteiger charge is -2.36. The van der Waals surface area contributed by atoms with E-state index in [2.05, 4.69) is 0 Å². The minimum Gasteiger partial charge on any atom is -0.451 e. The Balaban J connectivity index is 1.97. The van der Waals surface area contributed by atoms with Crippen molar-refractivity contribution >= 4 is 16.9 Å². The van der Waals surface area contributed by atoms with Crippen LogP contribution in [0.3, 0.4) is 0 Å². The van der Waals surface area contributed by atoms with Gasteiger partial charge in [0.1, 0.15) is 5.58 Å². The quantitative estimate of drug-likeness (QED) is 0.802. The number of hydrogen-bond donors (Lipinski definition) is 0. The van der Waals surface area contributed by atoms with Crippen LogP contribution in [0.15, 0.2) is 28.7 Å². The second-order valence-corrected chi connectivity index (χ2v) is 5.50. The SMILES string of the molecule is Cc1c(C(=O)N2CC(C)OCC2C)oc2ccccc12. The highest BCUT2D eigenvalue weighted by Crippen LogP contribution is 2.27. The molecule has 0 aliphatic carbocycles. The van der Waals surface area contributed by atoms with Crippen LogP contribution in [0.2, 0.25) is 0 Å². The average molecular weight is 273 g/mol. The van der Waals surface area contributed by atoms with Gasteiger partial charge in [-0.3, -0.25) is 4.79 Å². The normalized spacial score (nSPS) is 23.2. The molecule has 1 aliphatic rings. The zero-order valence-electron chi connectivity index (χ0n) is 12.1. The van der Waals surface area contributed by atoms with Gasteiger partial charge in [0.2, 0.25) is 0 Å². The van der Waals surface area contributed by atoms with Gasteiger partial charge in [-0.2, -0.15) is 0 Å². The second kappa shape index (κ2) is 4.94. The van der Waals surface area contributed by atoms with Crippen molar-refractivity contribution in [2.45, 2.75) is 32.9 Å². The van der Waals surface area contributed by atoms with Gasteiger partial charge < -0.3 is 14.1 Å². The van der Waals surface area contributed by atoms with Crippen LogP contribution in [-0.2, 0) is 4.74 Å². The van der Waals surface area contributed by atoms with Crippen molar-refractivity contribution in [2.24, 2.45) is 0 Å². The van der Waals surface area contributed by atoms with Crippen LogP contribution in [0.5, 0.6) is 0 Å². The summed E-state index contributed by atoms with van der Waals surface area (Å²) in [6.45, 7) is 7.11. The van der Waals surface area contributed by atoms with Gasteiger partial charge in [0.05, 0.1) is 18.8 Å². The molecule has 0 radical (unpaired) electrons. The molecule has 1 fully saturated rings. The van der Waals surface area contributed by atoms with Crippen molar-refractivity contribution in [2.75, 3.05) is 13.2 Å². The first-order chi connectivity index (χ1) is 9.58. The van der Waals surface area contributed by atoms with Crippen molar-refractivity contribution in [3.8, 4) is 0 Å². The third-order valence-electron chi connectivity index (χ3n) is 3.91. The van der Waals surface area contributed by atoms with E-state index in [1.165, 1.54) is 0 Å². The number of aryl methyl sites for hydroxylation is 1. The average Bonchev–Trinajstić information content (AvgIpc) is 2.79. The molecule has 3 rings (SSSR count). The molecule has 1 aromatic carbocycles. The third kappa shape index (κ3) is 2.10. The molecule has 2 atom stereocenters. The molecule has 4 heteroatoms. The third-order valence-corrected chi connectivity index (χ3v) is 3.91. The number of ether oxygens (including phenoxy) is 1. The van der Waals surface area contributed by atoms with Gasteiger partial charge in [-0.25, -0.2) is 0 Å². The van der Waals surface area contributed by atoms with Crippen LogP contribution in [0.4, 0.5) is 0 Å². The topological polar surface area (TPSA) is 42.7 Å². The fraction of sp³-hybridized carbons (Fsp3) is 0.438. The number of furan rings is 1. The summed E-state index contributed by atoms with van der Waals surface area (Å²) >= 11 is 0. The maximum Gasteiger partial charge on any atom is 0.290 e. The largest absolute Gasteiger partial charge is 0.451 e. The maximum absolute atomic E-state index is 12.7. The minimum atomic E-state index is -0.0404. The first-order valence-corrected chi connectivity index (χ1v) is 6.98. The fourth-order valence-corrected chi connectivity index (χ4v) is 2.69. The number of carbonyl (C=O) groups is 1. The number of rotatable bonds is 1. The Kier molecular flexibility index (Phi) is 3.26. The summed E-state index contributed by atoms with van der Waals surface area (Å²) in [5.74, 6) is 0.411. The summed E-state index contributed by atoms with van der Waals surface area (Å²) < 4.78 is 11.3. The van der Waals surface area contributed by atoms with Gasteiger partial charge in [0.25, 0.3) is 5.91 Å². The van der Waals surface area contributed by atoms with Crippen molar-refractivity contribution in [1.82, 2.24) is 4.90 Å².